The summed E-state index contributed by atoms with van der Waals surface area (Å²) in [5, 5.41) is 3.20. The van der Waals surface area contributed by atoms with E-state index in [1.165, 1.54) is 13.2 Å². The Bertz CT molecular complexity index is 759. The van der Waals surface area contributed by atoms with Crippen LogP contribution in [0.3, 0.4) is 0 Å². The van der Waals surface area contributed by atoms with Crippen LogP contribution in [0.4, 0.5) is 14.5 Å². The molecule has 1 N–H and O–H groups in total. The number of hydrogen-bond donors (Lipinski definition) is 1. The third-order valence-electron chi connectivity index (χ3n) is 3.46. The quantitative estimate of drug-likeness (QED) is 0.746. The van der Waals surface area contributed by atoms with E-state index in [2.05, 4.69) is 10.1 Å². The maximum atomic E-state index is 12.4. The SMILES string of the molecule is COc1cc(CN(C)CC(=O)Nc2ccccc2Cl)ccc1OC(F)F. The van der Waals surface area contributed by atoms with Gasteiger partial charge in [0.1, 0.15) is 0 Å². The fraction of sp³-hybridized carbons (Fsp3) is 0.278. The smallest absolute Gasteiger partial charge is 0.387 e. The van der Waals surface area contributed by atoms with Gasteiger partial charge < -0.3 is 14.8 Å². The summed E-state index contributed by atoms with van der Waals surface area (Å²) in [6.07, 6.45) is 0. The summed E-state index contributed by atoms with van der Waals surface area (Å²) >= 11 is 6.01. The van der Waals surface area contributed by atoms with Crippen LogP contribution >= 0.6 is 11.6 Å². The van der Waals surface area contributed by atoms with E-state index in [1.807, 2.05) is 0 Å². The van der Waals surface area contributed by atoms with Gasteiger partial charge in [0.05, 0.1) is 24.4 Å². The molecule has 2 aromatic carbocycles. The summed E-state index contributed by atoms with van der Waals surface area (Å²) in [4.78, 5) is 13.9. The van der Waals surface area contributed by atoms with Crippen molar-refractivity contribution in [3.8, 4) is 11.5 Å². The number of para-hydroxylation sites is 1. The number of carbonyl (C=O) groups excluding carboxylic acids is 1. The molecule has 0 aliphatic carbocycles. The van der Waals surface area contributed by atoms with Gasteiger partial charge in [0.25, 0.3) is 0 Å². The van der Waals surface area contributed by atoms with Gasteiger partial charge in [-0.25, -0.2) is 0 Å². The van der Waals surface area contributed by atoms with Crippen molar-refractivity contribution in [1.82, 2.24) is 4.90 Å². The third-order valence-corrected chi connectivity index (χ3v) is 3.79. The molecule has 2 rings (SSSR count). The topological polar surface area (TPSA) is 50.8 Å². The van der Waals surface area contributed by atoms with Crippen LogP contribution < -0.4 is 14.8 Å². The highest BCUT2D eigenvalue weighted by atomic mass is 35.5. The summed E-state index contributed by atoms with van der Waals surface area (Å²) in [7, 11) is 3.14. The fourth-order valence-corrected chi connectivity index (χ4v) is 2.55. The van der Waals surface area contributed by atoms with E-state index >= 15 is 0 Å². The number of nitrogens with zero attached hydrogens (tertiary/aromatic N) is 1. The molecular weight excluding hydrogens is 366 g/mol. The molecule has 0 spiro atoms. The molecule has 0 saturated heterocycles. The predicted molar refractivity (Wildman–Crippen MR) is 96.0 cm³/mol. The second-order valence-corrected chi connectivity index (χ2v) is 5.97. The summed E-state index contributed by atoms with van der Waals surface area (Å²) < 4.78 is 34.2. The van der Waals surface area contributed by atoms with Gasteiger partial charge in [0.15, 0.2) is 11.5 Å². The Morgan fingerprint density at radius 2 is 1.96 bits per heavy atom. The standard InChI is InChI=1S/C18H19ClF2N2O3/c1-23(11-17(24)22-14-6-4-3-5-13(14)19)10-12-7-8-15(26-18(20)21)16(9-12)25-2/h3-9,18H,10-11H2,1-2H3,(H,22,24). The lowest BCUT2D eigenvalue weighted by molar-refractivity contribution is -0.117. The van der Waals surface area contributed by atoms with Gasteiger partial charge in [-0.3, -0.25) is 9.69 Å². The highest BCUT2D eigenvalue weighted by Gasteiger charge is 2.13. The summed E-state index contributed by atoms with van der Waals surface area (Å²) in [6.45, 7) is -2.38. The number of likely N-dealkylation sites (N-methyl/N-ethyl adjacent to an activating group) is 1. The van der Waals surface area contributed by atoms with Crippen LogP contribution in [-0.4, -0.2) is 38.1 Å². The van der Waals surface area contributed by atoms with E-state index in [0.29, 0.717) is 17.3 Å². The molecule has 0 unspecified atom stereocenters. The first-order chi connectivity index (χ1) is 12.4. The Morgan fingerprint density at radius 3 is 2.62 bits per heavy atom. The van der Waals surface area contributed by atoms with Gasteiger partial charge in [-0.15, -0.1) is 0 Å². The number of carbonyl (C=O) groups is 1. The molecule has 1 amide bonds. The lowest BCUT2D eigenvalue weighted by Crippen LogP contribution is -2.29. The van der Waals surface area contributed by atoms with E-state index < -0.39 is 6.61 Å². The lowest BCUT2D eigenvalue weighted by Gasteiger charge is -2.18. The minimum atomic E-state index is -2.93. The Hall–Kier alpha value is -2.38. The number of rotatable bonds is 8. The molecule has 0 aliphatic rings. The van der Waals surface area contributed by atoms with E-state index in [1.54, 1.807) is 48.3 Å². The summed E-state index contributed by atoms with van der Waals surface area (Å²) in [5.74, 6) is -0.0488. The van der Waals surface area contributed by atoms with E-state index in [0.717, 1.165) is 5.56 Å². The first-order valence-electron chi connectivity index (χ1n) is 7.73. The monoisotopic (exact) mass is 384 g/mol. The average molecular weight is 385 g/mol. The second-order valence-electron chi connectivity index (χ2n) is 5.56. The molecular formula is C18H19ClF2N2O3. The van der Waals surface area contributed by atoms with Gasteiger partial charge in [0.2, 0.25) is 5.91 Å². The van der Waals surface area contributed by atoms with Crippen LogP contribution in [0, 0.1) is 0 Å². The number of benzene rings is 2. The van der Waals surface area contributed by atoms with Gasteiger partial charge in [0, 0.05) is 6.54 Å². The largest absolute Gasteiger partial charge is 0.493 e. The van der Waals surface area contributed by atoms with Crippen molar-refractivity contribution < 1.29 is 23.0 Å². The normalized spacial score (nSPS) is 10.9. The minimum absolute atomic E-state index is 0.0367. The minimum Gasteiger partial charge on any atom is -0.493 e. The van der Waals surface area contributed by atoms with E-state index in [-0.39, 0.29) is 24.0 Å². The Morgan fingerprint density at radius 1 is 1.23 bits per heavy atom. The number of methoxy groups -OCH3 is 1. The number of alkyl halides is 2. The number of anilines is 1. The summed E-state index contributed by atoms with van der Waals surface area (Å²) in [5.41, 5.74) is 1.33. The van der Waals surface area contributed by atoms with Crippen LogP contribution in [0.2, 0.25) is 5.02 Å². The van der Waals surface area contributed by atoms with Crippen molar-refractivity contribution in [3.63, 3.8) is 0 Å². The number of nitrogens with one attached hydrogen (secondary N) is 1. The first kappa shape index (κ1) is 19.9. The van der Waals surface area contributed by atoms with Crippen molar-refractivity contribution in [3.05, 3.63) is 53.1 Å². The third kappa shape index (κ3) is 5.86. The zero-order valence-corrected chi connectivity index (χ0v) is 15.1. The highest BCUT2D eigenvalue weighted by Crippen LogP contribution is 2.29. The van der Waals surface area contributed by atoms with Crippen LogP contribution in [0.15, 0.2) is 42.5 Å². The van der Waals surface area contributed by atoms with Crippen molar-refractivity contribution in [2.24, 2.45) is 0 Å². The zero-order valence-electron chi connectivity index (χ0n) is 14.3. The van der Waals surface area contributed by atoms with Crippen LogP contribution in [0.5, 0.6) is 11.5 Å². The van der Waals surface area contributed by atoms with Gasteiger partial charge in [-0.2, -0.15) is 8.78 Å². The maximum absolute atomic E-state index is 12.4. The van der Waals surface area contributed by atoms with E-state index in [4.69, 9.17) is 16.3 Å². The van der Waals surface area contributed by atoms with Crippen molar-refractivity contribution in [1.29, 1.82) is 0 Å². The lowest BCUT2D eigenvalue weighted by atomic mass is 10.2. The fourth-order valence-electron chi connectivity index (χ4n) is 2.37. The highest BCUT2D eigenvalue weighted by molar-refractivity contribution is 6.33. The summed E-state index contributed by atoms with van der Waals surface area (Å²) in [6, 6.07) is 11.6. The molecule has 0 atom stereocenters. The molecule has 140 valence electrons. The number of amides is 1. The average Bonchev–Trinajstić information content (AvgIpc) is 2.57. The molecule has 0 aliphatic heterocycles. The van der Waals surface area contributed by atoms with Gasteiger partial charge in [-0.1, -0.05) is 29.8 Å². The Kier molecular flexibility index (Phi) is 7.17. The first-order valence-corrected chi connectivity index (χ1v) is 8.11. The van der Waals surface area contributed by atoms with Gasteiger partial charge >= 0.3 is 6.61 Å². The van der Waals surface area contributed by atoms with Crippen molar-refractivity contribution >= 4 is 23.2 Å². The zero-order chi connectivity index (χ0) is 19.1. The molecule has 2 aromatic rings. The van der Waals surface area contributed by atoms with E-state index in [9.17, 15) is 13.6 Å². The van der Waals surface area contributed by atoms with Gasteiger partial charge in [-0.05, 0) is 36.9 Å². The molecule has 0 fully saturated rings. The molecule has 0 bridgehead atoms. The molecule has 5 nitrogen and oxygen atoms in total. The number of ether oxygens (including phenoxy) is 2. The Labute approximate surface area is 155 Å². The molecule has 0 heterocycles. The second kappa shape index (κ2) is 9.35. The maximum Gasteiger partial charge on any atom is 0.387 e. The van der Waals surface area contributed by atoms with Crippen molar-refractivity contribution in [2.75, 3.05) is 26.0 Å². The van der Waals surface area contributed by atoms with Crippen molar-refractivity contribution in [2.45, 2.75) is 13.2 Å². The number of halogens is 3. The van der Waals surface area contributed by atoms with Crippen LogP contribution in [-0.2, 0) is 11.3 Å². The van der Waals surface area contributed by atoms with Crippen LogP contribution in [0.1, 0.15) is 5.56 Å². The molecule has 0 radical (unpaired) electrons. The predicted octanol–water partition coefficient (Wildman–Crippen LogP) is 4.02. The molecule has 26 heavy (non-hydrogen) atoms. The van der Waals surface area contributed by atoms with Crippen LogP contribution in [0.25, 0.3) is 0 Å². The number of hydrogen-bond acceptors (Lipinski definition) is 4. The molecule has 8 heteroatoms. The molecule has 0 saturated carbocycles. The Balaban J connectivity index is 1.95. The molecule has 0 aromatic heterocycles.